The smallest absolute Gasteiger partial charge is 0.185 e. The maximum absolute atomic E-state index is 4.59. The molecule has 0 saturated carbocycles. The molecule has 1 saturated heterocycles. The number of aromatic nitrogens is 1. The largest absolute Gasteiger partial charge is 0.348 e. The molecule has 0 N–H and O–H groups in total. The molecular weight excluding hydrogens is 260 g/mol. The van der Waals surface area contributed by atoms with Crippen LogP contribution in [0.3, 0.4) is 0 Å². The Bertz CT molecular complexity index is 279. The van der Waals surface area contributed by atoms with Crippen molar-refractivity contribution in [2.75, 3.05) is 18.0 Å². The fraction of sp³-hybridized carbons (Fsp3) is 0.700. The summed E-state index contributed by atoms with van der Waals surface area (Å²) in [6.07, 6.45) is 5.41. The average Bonchev–Trinajstić information content (AvgIpc) is 2.53. The van der Waals surface area contributed by atoms with Gasteiger partial charge in [-0.05, 0) is 12.8 Å². The minimum Gasteiger partial charge on any atom is -0.348 e. The van der Waals surface area contributed by atoms with Crippen LogP contribution in [0.1, 0.15) is 31.4 Å². The number of hydrogen-bond acceptors (Lipinski definition) is 3. The van der Waals surface area contributed by atoms with Crippen molar-refractivity contribution in [3.8, 4) is 0 Å². The van der Waals surface area contributed by atoms with Crippen LogP contribution in [0.25, 0.3) is 0 Å². The van der Waals surface area contributed by atoms with Gasteiger partial charge in [-0.15, -0.1) is 11.3 Å². The van der Waals surface area contributed by atoms with E-state index < -0.39 is 0 Å². The van der Waals surface area contributed by atoms with Crippen LogP contribution in [0.5, 0.6) is 0 Å². The van der Waals surface area contributed by atoms with Crippen molar-refractivity contribution in [2.24, 2.45) is 0 Å². The first kappa shape index (κ1) is 10.4. The molecule has 0 aliphatic carbocycles. The van der Waals surface area contributed by atoms with Gasteiger partial charge >= 0.3 is 0 Å². The molecule has 1 aromatic heterocycles. The SMILES string of the molecule is BrCc1csc(N2CCCCCC2)n1. The van der Waals surface area contributed by atoms with Crippen molar-refractivity contribution in [1.82, 2.24) is 4.98 Å². The van der Waals surface area contributed by atoms with E-state index in [2.05, 4.69) is 31.2 Å². The van der Waals surface area contributed by atoms with Gasteiger partial charge in [-0.25, -0.2) is 4.98 Å². The molecular formula is C10H15BrN2S. The first-order valence-electron chi connectivity index (χ1n) is 5.15. The van der Waals surface area contributed by atoms with Gasteiger partial charge in [-0.3, -0.25) is 0 Å². The van der Waals surface area contributed by atoms with Crippen molar-refractivity contribution in [3.05, 3.63) is 11.1 Å². The Labute approximate surface area is 97.5 Å². The maximum Gasteiger partial charge on any atom is 0.185 e. The molecule has 1 aromatic rings. The van der Waals surface area contributed by atoms with Gasteiger partial charge in [0, 0.05) is 23.8 Å². The van der Waals surface area contributed by atoms with Gasteiger partial charge < -0.3 is 4.90 Å². The summed E-state index contributed by atoms with van der Waals surface area (Å²) >= 11 is 5.21. The van der Waals surface area contributed by atoms with E-state index in [1.165, 1.54) is 43.9 Å². The third kappa shape index (κ3) is 2.48. The first-order chi connectivity index (χ1) is 6.90. The van der Waals surface area contributed by atoms with Crippen molar-refractivity contribution in [1.29, 1.82) is 0 Å². The third-order valence-electron chi connectivity index (χ3n) is 2.55. The van der Waals surface area contributed by atoms with Crippen LogP contribution in [0.15, 0.2) is 5.38 Å². The highest BCUT2D eigenvalue weighted by Crippen LogP contribution is 2.24. The Kier molecular flexibility index (Phi) is 3.81. The molecule has 1 aliphatic heterocycles. The van der Waals surface area contributed by atoms with Gasteiger partial charge in [-0.2, -0.15) is 0 Å². The fourth-order valence-corrected chi connectivity index (χ4v) is 3.15. The van der Waals surface area contributed by atoms with Crippen molar-refractivity contribution >= 4 is 32.4 Å². The number of hydrogen-bond donors (Lipinski definition) is 0. The zero-order chi connectivity index (χ0) is 9.80. The molecule has 0 atom stereocenters. The minimum atomic E-state index is 0.872. The van der Waals surface area contributed by atoms with E-state index in [1.807, 2.05) is 0 Å². The van der Waals surface area contributed by atoms with Crippen molar-refractivity contribution < 1.29 is 0 Å². The van der Waals surface area contributed by atoms with E-state index in [0.29, 0.717) is 0 Å². The van der Waals surface area contributed by atoms with Crippen LogP contribution in [-0.2, 0) is 5.33 Å². The third-order valence-corrected chi connectivity index (χ3v) is 4.08. The summed E-state index contributed by atoms with van der Waals surface area (Å²) in [6, 6.07) is 0. The van der Waals surface area contributed by atoms with E-state index in [0.717, 1.165) is 11.0 Å². The van der Waals surface area contributed by atoms with Gasteiger partial charge in [0.25, 0.3) is 0 Å². The van der Waals surface area contributed by atoms with Gasteiger partial charge in [0.2, 0.25) is 0 Å². The average molecular weight is 275 g/mol. The molecule has 0 spiro atoms. The molecule has 2 nitrogen and oxygen atoms in total. The lowest BCUT2D eigenvalue weighted by Crippen LogP contribution is -2.23. The van der Waals surface area contributed by atoms with Gasteiger partial charge in [-0.1, -0.05) is 28.8 Å². The second kappa shape index (κ2) is 5.12. The lowest BCUT2D eigenvalue weighted by Gasteiger charge is -2.18. The second-order valence-corrected chi connectivity index (χ2v) is 5.05. The highest BCUT2D eigenvalue weighted by atomic mass is 79.9. The number of nitrogens with zero attached hydrogens (tertiary/aromatic N) is 2. The quantitative estimate of drug-likeness (QED) is 0.769. The maximum atomic E-state index is 4.59. The van der Waals surface area contributed by atoms with Crippen LogP contribution in [0.4, 0.5) is 5.13 Å². The summed E-state index contributed by atoms with van der Waals surface area (Å²) in [7, 11) is 0. The zero-order valence-electron chi connectivity index (χ0n) is 8.21. The molecule has 1 fully saturated rings. The van der Waals surface area contributed by atoms with Crippen molar-refractivity contribution in [2.45, 2.75) is 31.0 Å². The standard InChI is InChI=1S/C10H15BrN2S/c11-7-9-8-14-10(12-9)13-5-3-1-2-4-6-13/h8H,1-7H2. The van der Waals surface area contributed by atoms with Crippen LogP contribution < -0.4 is 4.90 Å². The van der Waals surface area contributed by atoms with Gasteiger partial charge in [0.15, 0.2) is 5.13 Å². The van der Waals surface area contributed by atoms with Gasteiger partial charge in [0.1, 0.15) is 0 Å². The first-order valence-corrected chi connectivity index (χ1v) is 7.15. The topological polar surface area (TPSA) is 16.1 Å². The summed E-state index contributed by atoms with van der Waals surface area (Å²) in [5, 5.41) is 4.23. The summed E-state index contributed by atoms with van der Waals surface area (Å²) in [4.78, 5) is 7.03. The fourth-order valence-electron chi connectivity index (χ4n) is 1.76. The molecule has 0 amide bonds. The summed E-state index contributed by atoms with van der Waals surface area (Å²) in [5.74, 6) is 0. The molecule has 78 valence electrons. The van der Waals surface area contributed by atoms with Gasteiger partial charge in [0.05, 0.1) is 5.69 Å². The Morgan fingerprint density at radius 1 is 1.29 bits per heavy atom. The number of thiazole rings is 1. The van der Waals surface area contributed by atoms with E-state index in [9.17, 15) is 0 Å². The second-order valence-electron chi connectivity index (χ2n) is 3.66. The van der Waals surface area contributed by atoms with Crippen LogP contribution in [-0.4, -0.2) is 18.1 Å². The Hall–Kier alpha value is -0.0900. The van der Waals surface area contributed by atoms with E-state index in [-0.39, 0.29) is 0 Å². The van der Waals surface area contributed by atoms with E-state index in [1.54, 1.807) is 11.3 Å². The van der Waals surface area contributed by atoms with Crippen LogP contribution in [0, 0.1) is 0 Å². The molecule has 0 aromatic carbocycles. The van der Waals surface area contributed by atoms with Crippen molar-refractivity contribution in [3.63, 3.8) is 0 Å². The normalized spacial score (nSPS) is 18.2. The predicted octanol–water partition coefficient (Wildman–Crippen LogP) is 3.42. The monoisotopic (exact) mass is 274 g/mol. The summed E-state index contributed by atoms with van der Waals surface area (Å²) < 4.78 is 0. The molecule has 2 heterocycles. The molecule has 0 bridgehead atoms. The number of alkyl halides is 1. The zero-order valence-corrected chi connectivity index (χ0v) is 10.6. The van der Waals surface area contributed by atoms with Crippen LogP contribution in [0.2, 0.25) is 0 Å². The summed E-state index contributed by atoms with van der Waals surface area (Å²) in [6.45, 7) is 2.38. The van der Waals surface area contributed by atoms with E-state index >= 15 is 0 Å². The molecule has 2 rings (SSSR count). The Morgan fingerprint density at radius 2 is 2.00 bits per heavy atom. The molecule has 0 unspecified atom stereocenters. The minimum absolute atomic E-state index is 0.872. The lowest BCUT2D eigenvalue weighted by atomic mass is 10.2. The predicted molar refractivity (Wildman–Crippen MR) is 65.4 cm³/mol. The number of rotatable bonds is 2. The molecule has 14 heavy (non-hydrogen) atoms. The Balaban J connectivity index is 2.04. The molecule has 0 radical (unpaired) electrons. The van der Waals surface area contributed by atoms with E-state index in [4.69, 9.17) is 0 Å². The Morgan fingerprint density at radius 3 is 2.57 bits per heavy atom. The highest BCUT2D eigenvalue weighted by Gasteiger charge is 2.12. The highest BCUT2D eigenvalue weighted by molar-refractivity contribution is 9.08. The molecule has 4 heteroatoms. The summed E-state index contributed by atoms with van der Waals surface area (Å²) in [5.41, 5.74) is 1.16. The van der Waals surface area contributed by atoms with Crippen LogP contribution >= 0.6 is 27.3 Å². The molecule has 1 aliphatic rings. The lowest BCUT2D eigenvalue weighted by molar-refractivity contribution is 0.726. The number of anilines is 1. The number of halogens is 1.